The van der Waals surface area contributed by atoms with Gasteiger partial charge in [-0.3, -0.25) is 0 Å². The maximum atomic E-state index is 10.6. The zero-order chi connectivity index (χ0) is 23.7. The second kappa shape index (κ2) is 11.4. The van der Waals surface area contributed by atoms with Crippen LogP contribution in [0.3, 0.4) is 0 Å². The third-order valence-corrected chi connectivity index (χ3v) is 4.78. The fraction of sp³-hybridized carbons (Fsp3) is 0.333. The van der Waals surface area contributed by atoms with E-state index in [0.29, 0.717) is 5.92 Å². The smallest absolute Gasteiger partial charge is 0.490 e. The zero-order valence-corrected chi connectivity index (χ0v) is 18.3. The minimum atomic E-state index is -5.08. The molecule has 172 valence electrons. The third-order valence-electron chi connectivity index (χ3n) is 4.78. The minimum absolute atomic E-state index is 0.443. The van der Waals surface area contributed by atoms with Crippen LogP contribution in [0.5, 0.6) is 5.75 Å². The number of aromatic nitrogens is 2. The molecule has 0 saturated heterocycles. The highest BCUT2D eigenvalue weighted by Crippen LogP contribution is 2.23. The predicted molar refractivity (Wildman–Crippen MR) is 116 cm³/mol. The molecule has 0 fully saturated rings. The monoisotopic (exact) mass is 448 g/mol. The summed E-state index contributed by atoms with van der Waals surface area (Å²) in [5.41, 5.74) is 5.05. The number of nitrogens with zero attached hydrogens (tertiary/aromatic N) is 2. The van der Waals surface area contributed by atoms with E-state index in [1.165, 1.54) is 22.5 Å². The van der Waals surface area contributed by atoms with Crippen molar-refractivity contribution in [3.8, 4) is 5.75 Å². The first-order valence-electron chi connectivity index (χ1n) is 10.1. The Kier molecular flexibility index (Phi) is 8.87. The topological polar surface area (TPSA) is 64.4 Å². The number of benzene rings is 2. The number of halogens is 3. The van der Waals surface area contributed by atoms with Crippen LogP contribution in [0.1, 0.15) is 42.3 Å². The van der Waals surface area contributed by atoms with Crippen molar-refractivity contribution in [2.45, 2.75) is 45.3 Å². The number of methoxy groups -OCH3 is 1. The Hall–Kier alpha value is -3.29. The van der Waals surface area contributed by atoms with Gasteiger partial charge in [-0.05, 0) is 29.5 Å². The van der Waals surface area contributed by atoms with Gasteiger partial charge in [0, 0.05) is 18.7 Å². The maximum absolute atomic E-state index is 10.6. The zero-order valence-electron chi connectivity index (χ0n) is 18.3. The first-order valence-corrected chi connectivity index (χ1v) is 10.1. The quantitative estimate of drug-likeness (QED) is 0.520. The molecular weight excluding hydrogens is 421 g/mol. The molecule has 0 radical (unpaired) electrons. The molecule has 0 spiro atoms. The van der Waals surface area contributed by atoms with Gasteiger partial charge in [0.25, 0.3) is 0 Å². The van der Waals surface area contributed by atoms with E-state index in [1.54, 1.807) is 7.11 Å². The number of ether oxygens (including phenoxy) is 1. The lowest BCUT2D eigenvalue weighted by molar-refractivity contribution is -0.192. The molecule has 1 aromatic heterocycles. The predicted octanol–water partition coefficient (Wildman–Crippen LogP) is 5.48. The maximum Gasteiger partial charge on any atom is 0.490 e. The summed E-state index contributed by atoms with van der Waals surface area (Å²) in [6.07, 6.45) is -1.27. The number of para-hydroxylation sites is 1. The van der Waals surface area contributed by atoms with Crippen LogP contribution in [0.25, 0.3) is 0 Å². The molecule has 0 atom stereocenters. The van der Waals surface area contributed by atoms with E-state index in [9.17, 15) is 13.2 Å². The molecule has 5 nitrogen and oxygen atoms in total. The van der Waals surface area contributed by atoms with Crippen LogP contribution < -0.4 is 4.74 Å². The van der Waals surface area contributed by atoms with Gasteiger partial charge in [0.1, 0.15) is 5.75 Å². The standard InChI is InChI=1S/C22H26N2O.C2HF3O2/c1-17(2)22-20(15-18-9-5-4-6-10-18)23-16-24(22)14-13-19-11-7-8-12-21(19)25-3;3-2(4,5)1(6)7/h4-12,16-17H,13-15H2,1-3H3;(H,6,7). The normalized spacial score (nSPS) is 11.1. The summed E-state index contributed by atoms with van der Waals surface area (Å²) >= 11 is 0. The molecule has 2 aromatic carbocycles. The van der Waals surface area contributed by atoms with Crippen LogP contribution in [0.4, 0.5) is 13.2 Å². The van der Waals surface area contributed by atoms with Crippen LogP contribution in [0, 0.1) is 0 Å². The van der Waals surface area contributed by atoms with Gasteiger partial charge < -0.3 is 14.4 Å². The number of imidazole rings is 1. The molecule has 0 saturated carbocycles. The number of carboxylic acid groups (broad SMARTS) is 1. The molecule has 3 rings (SSSR count). The highest BCUT2D eigenvalue weighted by molar-refractivity contribution is 5.73. The number of aryl methyl sites for hydroxylation is 2. The molecule has 0 aliphatic carbocycles. The van der Waals surface area contributed by atoms with Crippen molar-refractivity contribution < 1.29 is 27.8 Å². The number of carboxylic acids is 1. The summed E-state index contributed by atoms with van der Waals surface area (Å²) in [7, 11) is 1.73. The van der Waals surface area contributed by atoms with Crippen molar-refractivity contribution in [1.29, 1.82) is 0 Å². The molecule has 0 amide bonds. The van der Waals surface area contributed by atoms with Crippen molar-refractivity contribution in [3.63, 3.8) is 0 Å². The lowest BCUT2D eigenvalue weighted by Gasteiger charge is -2.14. The van der Waals surface area contributed by atoms with Gasteiger partial charge in [-0.2, -0.15) is 13.2 Å². The van der Waals surface area contributed by atoms with Gasteiger partial charge in [0.15, 0.2) is 0 Å². The van der Waals surface area contributed by atoms with Crippen molar-refractivity contribution in [2.75, 3.05) is 7.11 Å². The Morgan fingerprint density at radius 2 is 1.69 bits per heavy atom. The Labute approximate surface area is 185 Å². The van der Waals surface area contributed by atoms with E-state index < -0.39 is 12.1 Å². The SMILES string of the molecule is COc1ccccc1CCn1cnc(Cc2ccccc2)c1C(C)C.O=C(O)C(F)(F)F. The first kappa shape index (κ1) is 25.0. The third kappa shape index (κ3) is 7.14. The molecule has 0 aliphatic rings. The Morgan fingerprint density at radius 1 is 1.09 bits per heavy atom. The fourth-order valence-electron chi connectivity index (χ4n) is 3.35. The Bertz CT molecular complexity index is 999. The lowest BCUT2D eigenvalue weighted by Crippen LogP contribution is -2.21. The summed E-state index contributed by atoms with van der Waals surface area (Å²) in [6, 6.07) is 18.8. The van der Waals surface area contributed by atoms with E-state index in [2.05, 4.69) is 60.9 Å². The molecule has 0 bridgehead atoms. The number of rotatable bonds is 7. The average Bonchev–Trinajstić information content (AvgIpc) is 3.15. The van der Waals surface area contributed by atoms with Crippen LogP contribution >= 0.6 is 0 Å². The summed E-state index contributed by atoms with van der Waals surface area (Å²) in [6.45, 7) is 5.39. The van der Waals surface area contributed by atoms with Gasteiger partial charge in [-0.15, -0.1) is 0 Å². The van der Waals surface area contributed by atoms with Gasteiger partial charge in [-0.25, -0.2) is 9.78 Å². The Morgan fingerprint density at radius 3 is 2.25 bits per heavy atom. The largest absolute Gasteiger partial charge is 0.496 e. The van der Waals surface area contributed by atoms with Crippen LogP contribution in [-0.4, -0.2) is 33.9 Å². The van der Waals surface area contributed by atoms with Gasteiger partial charge >= 0.3 is 12.1 Å². The van der Waals surface area contributed by atoms with E-state index in [0.717, 1.165) is 25.1 Å². The second-order valence-electron chi connectivity index (χ2n) is 7.45. The van der Waals surface area contributed by atoms with Crippen molar-refractivity contribution in [1.82, 2.24) is 9.55 Å². The average molecular weight is 448 g/mol. The fourth-order valence-corrected chi connectivity index (χ4v) is 3.35. The lowest BCUT2D eigenvalue weighted by atomic mass is 10.0. The van der Waals surface area contributed by atoms with E-state index in [-0.39, 0.29) is 0 Å². The van der Waals surface area contributed by atoms with Crippen molar-refractivity contribution >= 4 is 5.97 Å². The molecule has 32 heavy (non-hydrogen) atoms. The summed E-state index contributed by atoms with van der Waals surface area (Å²) in [5.74, 6) is -1.36. The van der Waals surface area contributed by atoms with Gasteiger partial charge in [-0.1, -0.05) is 62.4 Å². The van der Waals surface area contributed by atoms with E-state index >= 15 is 0 Å². The highest BCUT2D eigenvalue weighted by atomic mass is 19.4. The number of aliphatic carboxylic acids is 1. The molecule has 8 heteroatoms. The number of alkyl halides is 3. The molecule has 0 unspecified atom stereocenters. The molecular formula is C24H27F3N2O3. The van der Waals surface area contributed by atoms with Crippen molar-refractivity contribution in [2.24, 2.45) is 0 Å². The van der Waals surface area contributed by atoms with E-state index in [1.807, 2.05) is 18.5 Å². The molecule has 0 aliphatic heterocycles. The number of hydrogen-bond donors (Lipinski definition) is 1. The van der Waals surface area contributed by atoms with Gasteiger partial charge in [0.2, 0.25) is 0 Å². The van der Waals surface area contributed by atoms with E-state index in [4.69, 9.17) is 19.6 Å². The molecule has 3 aromatic rings. The molecule has 1 N–H and O–H groups in total. The Balaban J connectivity index is 0.000000451. The minimum Gasteiger partial charge on any atom is -0.496 e. The second-order valence-corrected chi connectivity index (χ2v) is 7.45. The number of carbonyl (C=O) groups is 1. The van der Waals surface area contributed by atoms with Crippen molar-refractivity contribution in [3.05, 3.63) is 83.4 Å². The highest BCUT2D eigenvalue weighted by Gasteiger charge is 2.38. The van der Waals surface area contributed by atoms with Crippen LogP contribution in [0.2, 0.25) is 0 Å². The van der Waals surface area contributed by atoms with Crippen LogP contribution in [0.15, 0.2) is 60.9 Å². The molecule has 1 heterocycles. The summed E-state index contributed by atoms with van der Waals surface area (Å²) in [4.78, 5) is 13.6. The first-order chi connectivity index (χ1) is 15.1. The summed E-state index contributed by atoms with van der Waals surface area (Å²) in [5, 5.41) is 7.12. The van der Waals surface area contributed by atoms with Crippen LogP contribution in [-0.2, 0) is 24.2 Å². The summed E-state index contributed by atoms with van der Waals surface area (Å²) < 4.78 is 39.5. The van der Waals surface area contributed by atoms with Gasteiger partial charge in [0.05, 0.1) is 19.1 Å². The number of hydrogen-bond acceptors (Lipinski definition) is 3.